The van der Waals surface area contributed by atoms with Crippen molar-refractivity contribution in [2.24, 2.45) is 5.73 Å². The highest BCUT2D eigenvalue weighted by Crippen LogP contribution is 2.26. The van der Waals surface area contributed by atoms with Crippen LogP contribution in [0.25, 0.3) is 10.2 Å². The molecule has 0 fully saturated rings. The van der Waals surface area contributed by atoms with Gasteiger partial charge in [-0.15, -0.1) is 11.3 Å². The third-order valence-electron chi connectivity index (χ3n) is 4.25. The van der Waals surface area contributed by atoms with E-state index in [0.717, 1.165) is 11.3 Å². The lowest BCUT2D eigenvalue weighted by Gasteiger charge is -2.15. The van der Waals surface area contributed by atoms with Gasteiger partial charge in [0.2, 0.25) is 5.91 Å². The summed E-state index contributed by atoms with van der Waals surface area (Å²) in [6, 6.07) is 6.05. The maximum atomic E-state index is 12.8. The molecule has 3 rings (SSSR count). The smallest absolute Gasteiger partial charge is 0.263 e. The number of amides is 2. The molecular formula is C18H18N4O4S. The van der Waals surface area contributed by atoms with Gasteiger partial charge in [-0.3, -0.25) is 19.0 Å². The van der Waals surface area contributed by atoms with E-state index in [1.165, 1.54) is 10.9 Å². The number of methoxy groups -OCH3 is 1. The number of primary amides is 1. The van der Waals surface area contributed by atoms with Gasteiger partial charge in [-0.05, 0) is 43.7 Å². The molecule has 27 heavy (non-hydrogen) atoms. The van der Waals surface area contributed by atoms with Crippen LogP contribution >= 0.6 is 11.3 Å². The van der Waals surface area contributed by atoms with Gasteiger partial charge in [0.1, 0.15) is 16.6 Å². The molecule has 0 aliphatic heterocycles. The summed E-state index contributed by atoms with van der Waals surface area (Å²) in [7, 11) is 1.56. The summed E-state index contributed by atoms with van der Waals surface area (Å²) in [6.45, 7) is 3.25. The van der Waals surface area contributed by atoms with E-state index in [1.54, 1.807) is 45.2 Å². The molecule has 1 atom stereocenters. The van der Waals surface area contributed by atoms with Gasteiger partial charge in [-0.1, -0.05) is 0 Å². The van der Waals surface area contributed by atoms with Crippen molar-refractivity contribution in [1.29, 1.82) is 0 Å². The van der Waals surface area contributed by atoms with Crippen molar-refractivity contribution in [3.63, 3.8) is 0 Å². The van der Waals surface area contributed by atoms with Gasteiger partial charge in [0, 0.05) is 5.69 Å². The van der Waals surface area contributed by atoms with E-state index < -0.39 is 17.5 Å². The van der Waals surface area contributed by atoms with Crippen molar-refractivity contribution in [2.75, 3.05) is 12.4 Å². The van der Waals surface area contributed by atoms with Crippen LogP contribution in [0.4, 0.5) is 5.69 Å². The number of hydrogen-bond donors (Lipinski definition) is 2. The first-order valence-electron chi connectivity index (χ1n) is 8.08. The summed E-state index contributed by atoms with van der Waals surface area (Å²) in [4.78, 5) is 41.8. The molecule has 0 unspecified atom stereocenters. The fourth-order valence-corrected chi connectivity index (χ4v) is 3.69. The normalized spacial score (nSPS) is 12.0. The molecule has 0 bridgehead atoms. The van der Waals surface area contributed by atoms with Crippen LogP contribution in [0.2, 0.25) is 0 Å². The van der Waals surface area contributed by atoms with Crippen molar-refractivity contribution in [3.05, 3.63) is 51.4 Å². The number of carbonyl (C=O) groups excluding carboxylic acids is 2. The van der Waals surface area contributed by atoms with E-state index in [9.17, 15) is 14.4 Å². The first kappa shape index (κ1) is 18.6. The number of nitrogens with two attached hydrogens (primary N) is 1. The zero-order chi connectivity index (χ0) is 19.7. The van der Waals surface area contributed by atoms with Crippen LogP contribution in [0.3, 0.4) is 0 Å². The lowest BCUT2D eigenvalue weighted by Crippen LogP contribution is -2.31. The van der Waals surface area contributed by atoms with E-state index in [1.807, 2.05) is 0 Å². The van der Waals surface area contributed by atoms with Gasteiger partial charge in [0.15, 0.2) is 0 Å². The summed E-state index contributed by atoms with van der Waals surface area (Å²) in [5, 5.41) is 3.06. The summed E-state index contributed by atoms with van der Waals surface area (Å²) in [6.07, 6.45) is 1.31. The minimum absolute atomic E-state index is 0.294. The molecule has 0 aliphatic rings. The molecule has 0 aliphatic carbocycles. The highest BCUT2D eigenvalue weighted by Gasteiger charge is 2.22. The second-order valence-electron chi connectivity index (χ2n) is 5.95. The van der Waals surface area contributed by atoms with Crippen molar-refractivity contribution >= 4 is 39.1 Å². The third-order valence-corrected chi connectivity index (χ3v) is 5.47. The second kappa shape index (κ2) is 7.20. The first-order chi connectivity index (χ1) is 12.8. The molecule has 1 aromatic carbocycles. The molecule has 0 spiro atoms. The fraction of sp³-hybridized carbons (Fsp3) is 0.222. The van der Waals surface area contributed by atoms with Gasteiger partial charge >= 0.3 is 0 Å². The Bertz CT molecular complexity index is 1090. The average Bonchev–Trinajstić information content (AvgIpc) is 3.00. The van der Waals surface area contributed by atoms with Crippen LogP contribution < -0.4 is 21.3 Å². The number of nitrogens with one attached hydrogen (secondary N) is 1. The zero-order valence-electron chi connectivity index (χ0n) is 15.0. The molecule has 0 radical (unpaired) electrons. The van der Waals surface area contributed by atoms with Crippen molar-refractivity contribution < 1.29 is 14.3 Å². The van der Waals surface area contributed by atoms with Crippen LogP contribution in [-0.4, -0.2) is 28.5 Å². The molecule has 0 saturated heterocycles. The van der Waals surface area contributed by atoms with E-state index >= 15 is 0 Å². The van der Waals surface area contributed by atoms with E-state index in [2.05, 4.69) is 10.3 Å². The molecule has 3 aromatic rings. The fourth-order valence-electron chi connectivity index (χ4n) is 2.70. The zero-order valence-corrected chi connectivity index (χ0v) is 15.8. The molecule has 2 amide bonds. The summed E-state index contributed by atoms with van der Waals surface area (Å²) >= 11 is 1.07. The number of carbonyl (C=O) groups is 2. The summed E-state index contributed by atoms with van der Waals surface area (Å²) in [5.74, 6) is -0.303. The molecule has 8 nitrogen and oxygen atoms in total. The van der Waals surface area contributed by atoms with Crippen LogP contribution in [0.15, 0.2) is 35.4 Å². The second-order valence-corrected chi connectivity index (χ2v) is 6.95. The lowest BCUT2D eigenvalue weighted by atomic mass is 10.2. The number of aryl methyl sites for hydroxylation is 1. The van der Waals surface area contributed by atoms with Crippen LogP contribution in [0.5, 0.6) is 5.75 Å². The molecule has 140 valence electrons. The number of nitrogens with zero attached hydrogens (tertiary/aromatic N) is 2. The molecule has 2 aromatic heterocycles. The number of anilines is 1. The summed E-state index contributed by atoms with van der Waals surface area (Å²) in [5.41, 5.74) is 6.02. The monoisotopic (exact) mass is 386 g/mol. The Balaban J connectivity index is 1.92. The van der Waals surface area contributed by atoms with Crippen LogP contribution in [0.1, 0.15) is 28.2 Å². The van der Waals surface area contributed by atoms with Gasteiger partial charge in [-0.2, -0.15) is 0 Å². The molecular weight excluding hydrogens is 368 g/mol. The topological polar surface area (TPSA) is 116 Å². The number of fused-ring (bicyclic) bond motifs is 1. The number of aromatic nitrogens is 2. The van der Waals surface area contributed by atoms with Gasteiger partial charge < -0.3 is 15.8 Å². The van der Waals surface area contributed by atoms with Gasteiger partial charge in [-0.25, -0.2) is 4.98 Å². The Morgan fingerprint density at radius 2 is 1.96 bits per heavy atom. The maximum absolute atomic E-state index is 12.8. The third kappa shape index (κ3) is 3.41. The highest BCUT2D eigenvalue weighted by atomic mass is 32.1. The number of ether oxygens (including phenoxy) is 1. The van der Waals surface area contributed by atoms with Crippen molar-refractivity contribution in [1.82, 2.24) is 9.55 Å². The standard InChI is InChI=1S/C18H18N4O4S/c1-9-13-17(27-14(9)15(19)23)20-8-22(18(13)25)10(2)16(24)21-11-4-6-12(26-3)7-5-11/h4-8,10H,1-3H3,(H2,19,23)(H,21,24)/t10-/m1/s1. The number of rotatable bonds is 5. The van der Waals surface area contributed by atoms with E-state index in [4.69, 9.17) is 10.5 Å². The van der Waals surface area contributed by atoms with Crippen molar-refractivity contribution in [2.45, 2.75) is 19.9 Å². The lowest BCUT2D eigenvalue weighted by molar-refractivity contribution is -0.118. The van der Waals surface area contributed by atoms with E-state index in [0.29, 0.717) is 32.1 Å². The Hall–Kier alpha value is -3.20. The minimum atomic E-state index is -0.798. The van der Waals surface area contributed by atoms with Gasteiger partial charge in [0.05, 0.1) is 23.7 Å². The Morgan fingerprint density at radius 1 is 1.30 bits per heavy atom. The quantitative estimate of drug-likeness (QED) is 0.696. The van der Waals surface area contributed by atoms with Gasteiger partial charge in [0.25, 0.3) is 11.5 Å². The minimum Gasteiger partial charge on any atom is -0.497 e. The Labute approximate surface area is 158 Å². The molecule has 3 N–H and O–H groups in total. The van der Waals surface area contributed by atoms with Crippen LogP contribution in [-0.2, 0) is 4.79 Å². The predicted octanol–water partition coefficient (Wildman–Crippen LogP) is 2.07. The number of hydrogen-bond acceptors (Lipinski definition) is 6. The Morgan fingerprint density at radius 3 is 2.56 bits per heavy atom. The molecule has 0 saturated carbocycles. The number of benzene rings is 1. The van der Waals surface area contributed by atoms with E-state index in [-0.39, 0.29) is 5.91 Å². The SMILES string of the molecule is COc1ccc(NC(=O)[C@@H](C)n2cnc3sc(C(N)=O)c(C)c3c2=O)cc1. The average molecular weight is 386 g/mol. The van der Waals surface area contributed by atoms with Crippen molar-refractivity contribution in [3.8, 4) is 5.75 Å². The largest absolute Gasteiger partial charge is 0.497 e. The highest BCUT2D eigenvalue weighted by molar-refractivity contribution is 7.20. The molecule has 2 heterocycles. The Kier molecular flexibility index (Phi) is 4.95. The predicted molar refractivity (Wildman–Crippen MR) is 103 cm³/mol. The number of thiophene rings is 1. The first-order valence-corrected chi connectivity index (χ1v) is 8.90. The van der Waals surface area contributed by atoms with Crippen LogP contribution in [0, 0.1) is 6.92 Å². The maximum Gasteiger partial charge on any atom is 0.263 e. The summed E-state index contributed by atoms with van der Waals surface area (Å²) < 4.78 is 6.32. The molecule has 9 heteroatoms.